The van der Waals surface area contributed by atoms with Gasteiger partial charge in [0.1, 0.15) is 0 Å². The quantitative estimate of drug-likeness (QED) is 0.149. The average Bonchev–Trinajstić information content (AvgIpc) is 3.70. The van der Waals surface area contributed by atoms with Crippen molar-refractivity contribution in [1.82, 2.24) is 0 Å². The van der Waals surface area contributed by atoms with Crippen LogP contribution in [-0.2, 0) is 0 Å². The van der Waals surface area contributed by atoms with Crippen molar-refractivity contribution >= 4 is 53.7 Å². The number of fused-ring (bicyclic) bond motifs is 5. The molecule has 10 aromatic rings. The van der Waals surface area contributed by atoms with Crippen LogP contribution in [-0.4, -0.2) is 0 Å². The summed E-state index contributed by atoms with van der Waals surface area (Å²) in [5.74, 6) is 0.273. The van der Waals surface area contributed by atoms with Crippen LogP contribution in [0, 0.1) is 0 Å². The van der Waals surface area contributed by atoms with Crippen molar-refractivity contribution in [2.45, 2.75) is 12.3 Å². The minimum Gasteiger partial charge on any atom is -0.134 e. The van der Waals surface area contributed by atoms with E-state index in [-0.39, 0.29) is 5.92 Å². The fourth-order valence-electron chi connectivity index (χ4n) is 9.36. The number of hydrogen-bond donors (Lipinski definition) is 0. The number of benzene rings is 9. The van der Waals surface area contributed by atoms with Crippen molar-refractivity contribution in [3.63, 3.8) is 0 Å². The van der Waals surface area contributed by atoms with E-state index in [9.17, 15) is 0 Å². The molecule has 1 atom stereocenters. The van der Waals surface area contributed by atoms with Crippen LogP contribution < -0.4 is 0 Å². The van der Waals surface area contributed by atoms with Crippen LogP contribution in [0.25, 0.3) is 97.4 Å². The summed E-state index contributed by atoms with van der Waals surface area (Å²) in [5.41, 5.74) is 12.8. The number of rotatable bonds is 6. The lowest BCUT2D eigenvalue weighted by Gasteiger charge is -2.23. The van der Waals surface area contributed by atoms with E-state index in [1.807, 2.05) is 11.3 Å². The second-order valence-corrected chi connectivity index (χ2v) is 16.0. The Balaban J connectivity index is 1.31. The van der Waals surface area contributed by atoms with E-state index in [2.05, 4.69) is 212 Å². The Bertz CT molecular complexity index is 3170. The lowest BCUT2D eigenvalue weighted by atomic mass is 9.80. The van der Waals surface area contributed by atoms with E-state index in [4.69, 9.17) is 0 Å². The zero-order valence-corrected chi connectivity index (χ0v) is 32.2. The molecule has 1 aliphatic rings. The number of allylic oxidation sites excluding steroid dienone is 4. The van der Waals surface area contributed by atoms with E-state index in [1.165, 1.54) is 103 Å². The average molecular weight is 743 g/mol. The SMILES string of the molecule is C1=CCC(c2c3ccccc3c(-c3ccccc3)c3ccc(-c4c(-c5ccccc5)c5sc(-c6ccccc6)c(-c6ccccc6)c5c5ccccc45)cc23)C=C1. The highest BCUT2D eigenvalue weighted by atomic mass is 32.1. The van der Waals surface area contributed by atoms with Crippen LogP contribution in [0.4, 0.5) is 0 Å². The van der Waals surface area contributed by atoms with E-state index in [0.717, 1.165) is 6.42 Å². The van der Waals surface area contributed by atoms with Gasteiger partial charge in [0.25, 0.3) is 0 Å². The van der Waals surface area contributed by atoms with Crippen LogP contribution in [0.2, 0.25) is 0 Å². The molecule has 0 nitrogen and oxygen atoms in total. The number of thiophene rings is 1. The van der Waals surface area contributed by atoms with Gasteiger partial charge < -0.3 is 0 Å². The van der Waals surface area contributed by atoms with Crippen molar-refractivity contribution in [3.05, 3.63) is 218 Å². The second-order valence-electron chi connectivity index (χ2n) is 15.0. The summed E-state index contributed by atoms with van der Waals surface area (Å²) in [6.45, 7) is 0. The molecule has 57 heavy (non-hydrogen) atoms. The molecule has 0 bridgehead atoms. The molecule has 0 spiro atoms. The zero-order valence-electron chi connectivity index (χ0n) is 31.4. The van der Waals surface area contributed by atoms with Crippen molar-refractivity contribution in [1.29, 1.82) is 0 Å². The predicted molar refractivity (Wildman–Crippen MR) is 247 cm³/mol. The van der Waals surface area contributed by atoms with Crippen LogP contribution in [0.15, 0.2) is 212 Å². The van der Waals surface area contributed by atoms with Gasteiger partial charge in [-0.25, -0.2) is 0 Å². The standard InChI is InChI=1S/C56H38S/c1-6-20-37(21-7-1)49-43-30-16-17-31-44(43)50(38-22-8-2-9-23-38)48-36-42(34-35-47(48)49)51-45-32-18-19-33-46(45)54-53(40-26-12-4-13-27-40)55(41-28-14-5-15-29-41)57-56(54)52(51)39-24-10-3-11-25-39/h1-22,24-36,38H,23H2. The second kappa shape index (κ2) is 14.0. The molecule has 0 saturated carbocycles. The Kier molecular flexibility index (Phi) is 8.26. The van der Waals surface area contributed by atoms with Crippen LogP contribution in [0.1, 0.15) is 17.9 Å². The Hall–Kier alpha value is -6.80. The topological polar surface area (TPSA) is 0 Å². The molecule has 1 heterocycles. The zero-order chi connectivity index (χ0) is 37.7. The normalized spacial score (nSPS) is 13.9. The molecule has 1 aliphatic carbocycles. The lowest BCUT2D eigenvalue weighted by molar-refractivity contribution is 0.870. The molecule has 0 aliphatic heterocycles. The molecule has 1 aromatic heterocycles. The molecule has 0 radical (unpaired) electrons. The van der Waals surface area contributed by atoms with Crippen LogP contribution in [0.5, 0.6) is 0 Å². The van der Waals surface area contributed by atoms with Crippen molar-refractivity contribution in [2.24, 2.45) is 0 Å². The minimum atomic E-state index is 0.273. The van der Waals surface area contributed by atoms with Crippen LogP contribution >= 0.6 is 11.3 Å². The van der Waals surface area contributed by atoms with Crippen molar-refractivity contribution in [3.8, 4) is 54.9 Å². The highest BCUT2D eigenvalue weighted by Gasteiger charge is 2.26. The Morgan fingerprint density at radius 3 is 1.49 bits per heavy atom. The summed E-state index contributed by atoms with van der Waals surface area (Å²) in [4.78, 5) is 1.30. The molecular weight excluding hydrogens is 705 g/mol. The summed E-state index contributed by atoms with van der Waals surface area (Å²) in [7, 11) is 0. The Labute approximate surface area is 337 Å². The van der Waals surface area contributed by atoms with Crippen LogP contribution in [0.3, 0.4) is 0 Å². The summed E-state index contributed by atoms with van der Waals surface area (Å²) in [5, 5.41) is 9.11. The van der Waals surface area contributed by atoms with Gasteiger partial charge in [0.05, 0.1) is 0 Å². The minimum absolute atomic E-state index is 0.273. The van der Waals surface area contributed by atoms with Gasteiger partial charge in [0.15, 0.2) is 0 Å². The summed E-state index contributed by atoms with van der Waals surface area (Å²) >= 11 is 1.93. The van der Waals surface area contributed by atoms with Gasteiger partial charge in [0, 0.05) is 32.0 Å². The third-order valence-electron chi connectivity index (χ3n) is 11.8. The first-order valence-corrected chi connectivity index (χ1v) is 20.7. The molecular formula is C56H38S. The van der Waals surface area contributed by atoms with Gasteiger partial charge in [-0.1, -0.05) is 206 Å². The molecule has 268 valence electrons. The summed E-state index contributed by atoms with van der Waals surface area (Å²) < 4.78 is 1.32. The maximum Gasteiger partial charge on any atom is 0.0446 e. The van der Waals surface area contributed by atoms with Crippen molar-refractivity contribution in [2.75, 3.05) is 0 Å². The first-order chi connectivity index (χ1) is 28.3. The molecule has 1 unspecified atom stereocenters. The summed E-state index contributed by atoms with van der Waals surface area (Å²) in [6, 6.07) is 69.5. The van der Waals surface area contributed by atoms with Gasteiger partial charge in [-0.3, -0.25) is 0 Å². The molecule has 0 saturated heterocycles. The molecule has 0 amide bonds. The molecule has 11 rings (SSSR count). The number of hydrogen-bond acceptors (Lipinski definition) is 1. The highest BCUT2D eigenvalue weighted by Crippen LogP contribution is 2.55. The Morgan fingerprint density at radius 2 is 0.877 bits per heavy atom. The smallest absolute Gasteiger partial charge is 0.0446 e. The monoisotopic (exact) mass is 742 g/mol. The van der Waals surface area contributed by atoms with Gasteiger partial charge in [0.2, 0.25) is 0 Å². The molecule has 0 N–H and O–H groups in total. The van der Waals surface area contributed by atoms with E-state index in [1.54, 1.807) is 0 Å². The van der Waals surface area contributed by atoms with E-state index < -0.39 is 0 Å². The fraction of sp³-hybridized carbons (Fsp3) is 0.0357. The molecule has 0 fully saturated rings. The van der Waals surface area contributed by atoms with Gasteiger partial charge in [-0.2, -0.15) is 0 Å². The largest absolute Gasteiger partial charge is 0.134 e. The predicted octanol–water partition coefficient (Wildman–Crippen LogP) is 16.3. The third kappa shape index (κ3) is 5.58. The molecule has 1 heteroatoms. The van der Waals surface area contributed by atoms with Gasteiger partial charge >= 0.3 is 0 Å². The van der Waals surface area contributed by atoms with E-state index in [0.29, 0.717) is 0 Å². The Morgan fingerprint density at radius 1 is 0.368 bits per heavy atom. The third-order valence-corrected chi connectivity index (χ3v) is 13.0. The fourth-order valence-corrected chi connectivity index (χ4v) is 10.8. The van der Waals surface area contributed by atoms with Crippen molar-refractivity contribution < 1.29 is 0 Å². The lowest BCUT2D eigenvalue weighted by Crippen LogP contribution is -2.01. The first-order valence-electron chi connectivity index (χ1n) is 19.9. The highest BCUT2D eigenvalue weighted by molar-refractivity contribution is 7.24. The van der Waals surface area contributed by atoms with Gasteiger partial charge in [-0.15, -0.1) is 11.3 Å². The van der Waals surface area contributed by atoms with Gasteiger partial charge in [-0.05, 0) is 89.3 Å². The maximum absolute atomic E-state index is 2.53. The maximum atomic E-state index is 2.53. The van der Waals surface area contributed by atoms with E-state index >= 15 is 0 Å². The molecule has 9 aromatic carbocycles. The first kappa shape index (κ1) is 33.5. The summed E-state index contributed by atoms with van der Waals surface area (Å²) in [6.07, 6.45) is 10.1.